The zero-order valence-corrected chi connectivity index (χ0v) is 11.0. The van der Waals surface area contributed by atoms with Crippen LogP contribution < -0.4 is 5.32 Å². The van der Waals surface area contributed by atoms with Gasteiger partial charge in [-0.2, -0.15) is 0 Å². The minimum absolute atomic E-state index is 0.0578. The summed E-state index contributed by atoms with van der Waals surface area (Å²) in [6, 6.07) is 12.8. The molecule has 2 aromatic carbocycles. The normalized spacial score (nSPS) is 10.7. The van der Waals surface area contributed by atoms with Gasteiger partial charge in [-0.3, -0.25) is 0 Å². The predicted octanol–water partition coefficient (Wildman–Crippen LogP) is 2.92. The Kier molecular flexibility index (Phi) is 4.66. The number of halogens is 1. The Hall–Kier alpha value is -1.71. The maximum Gasteiger partial charge on any atom is 0.127 e. The summed E-state index contributed by atoms with van der Waals surface area (Å²) in [5, 5.41) is 12.2. The number of aliphatic hydroxyl groups is 1. The second kappa shape index (κ2) is 6.45. The van der Waals surface area contributed by atoms with Crippen molar-refractivity contribution in [2.75, 3.05) is 0 Å². The third kappa shape index (κ3) is 3.88. The van der Waals surface area contributed by atoms with E-state index in [1.807, 2.05) is 37.3 Å². The van der Waals surface area contributed by atoms with E-state index in [0.717, 1.165) is 16.7 Å². The third-order valence-electron chi connectivity index (χ3n) is 3.05. The summed E-state index contributed by atoms with van der Waals surface area (Å²) < 4.78 is 13.5. The molecule has 0 aliphatic heterocycles. The van der Waals surface area contributed by atoms with E-state index in [2.05, 4.69) is 5.32 Å². The Bertz CT molecular complexity index is 537. The van der Waals surface area contributed by atoms with Crippen LogP contribution in [0.3, 0.4) is 0 Å². The van der Waals surface area contributed by atoms with E-state index in [9.17, 15) is 4.39 Å². The summed E-state index contributed by atoms with van der Waals surface area (Å²) in [5.74, 6) is -0.172. The first-order chi connectivity index (χ1) is 9.19. The van der Waals surface area contributed by atoms with Crippen LogP contribution in [0, 0.1) is 12.7 Å². The third-order valence-corrected chi connectivity index (χ3v) is 3.05. The Labute approximate surface area is 112 Å². The zero-order chi connectivity index (χ0) is 13.7. The van der Waals surface area contributed by atoms with Gasteiger partial charge in [-0.05, 0) is 24.1 Å². The lowest BCUT2D eigenvalue weighted by Gasteiger charge is -2.07. The number of aliphatic hydroxyl groups excluding tert-OH is 1. The summed E-state index contributed by atoms with van der Waals surface area (Å²) in [7, 11) is 0. The SMILES string of the molecule is Cc1ccc(F)c(CNCc2ccc(CO)cc2)c1. The molecule has 0 amide bonds. The van der Waals surface area contributed by atoms with Crippen LogP contribution in [0.1, 0.15) is 22.3 Å². The summed E-state index contributed by atoms with van der Waals surface area (Å²) in [4.78, 5) is 0. The Balaban J connectivity index is 1.90. The van der Waals surface area contributed by atoms with Crippen molar-refractivity contribution < 1.29 is 9.50 Å². The standard InChI is InChI=1S/C16H18FNO/c1-12-2-7-16(17)15(8-12)10-18-9-13-3-5-14(11-19)6-4-13/h2-8,18-19H,9-11H2,1H3. The van der Waals surface area contributed by atoms with Crippen molar-refractivity contribution in [3.05, 3.63) is 70.5 Å². The number of hydrogen-bond donors (Lipinski definition) is 2. The second-order valence-corrected chi connectivity index (χ2v) is 4.67. The van der Waals surface area contributed by atoms with Crippen LogP contribution in [-0.4, -0.2) is 5.11 Å². The molecule has 0 aliphatic rings. The highest BCUT2D eigenvalue weighted by molar-refractivity contribution is 5.25. The van der Waals surface area contributed by atoms with Crippen LogP contribution in [0.2, 0.25) is 0 Å². The number of rotatable bonds is 5. The van der Waals surface area contributed by atoms with Gasteiger partial charge in [0.2, 0.25) is 0 Å². The molecule has 0 aromatic heterocycles. The maximum absolute atomic E-state index is 13.5. The molecule has 0 saturated heterocycles. The summed E-state index contributed by atoms with van der Waals surface area (Å²) in [6.07, 6.45) is 0. The second-order valence-electron chi connectivity index (χ2n) is 4.67. The summed E-state index contributed by atoms with van der Waals surface area (Å²) >= 11 is 0. The molecule has 2 rings (SSSR count). The molecule has 19 heavy (non-hydrogen) atoms. The smallest absolute Gasteiger partial charge is 0.127 e. The van der Waals surface area contributed by atoms with E-state index in [1.165, 1.54) is 6.07 Å². The van der Waals surface area contributed by atoms with Crippen molar-refractivity contribution in [1.82, 2.24) is 5.32 Å². The average molecular weight is 259 g/mol. The molecule has 0 fully saturated rings. The molecular formula is C16H18FNO. The van der Waals surface area contributed by atoms with Gasteiger partial charge in [-0.15, -0.1) is 0 Å². The van der Waals surface area contributed by atoms with Crippen LogP contribution in [-0.2, 0) is 19.7 Å². The fourth-order valence-corrected chi connectivity index (χ4v) is 1.94. The van der Waals surface area contributed by atoms with Crippen LogP contribution >= 0.6 is 0 Å². The van der Waals surface area contributed by atoms with Crippen LogP contribution in [0.15, 0.2) is 42.5 Å². The van der Waals surface area contributed by atoms with Gasteiger partial charge in [0.25, 0.3) is 0 Å². The minimum atomic E-state index is -0.172. The maximum atomic E-state index is 13.5. The monoisotopic (exact) mass is 259 g/mol. The molecule has 0 unspecified atom stereocenters. The molecule has 0 aliphatic carbocycles. The highest BCUT2D eigenvalue weighted by atomic mass is 19.1. The molecular weight excluding hydrogens is 241 g/mol. The van der Waals surface area contributed by atoms with Gasteiger partial charge in [-0.25, -0.2) is 4.39 Å². The van der Waals surface area contributed by atoms with Crippen molar-refractivity contribution in [3.63, 3.8) is 0 Å². The quantitative estimate of drug-likeness (QED) is 0.865. The first-order valence-electron chi connectivity index (χ1n) is 6.33. The van der Waals surface area contributed by atoms with Crippen molar-refractivity contribution in [1.29, 1.82) is 0 Å². The van der Waals surface area contributed by atoms with Gasteiger partial charge < -0.3 is 10.4 Å². The lowest BCUT2D eigenvalue weighted by molar-refractivity contribution is 0.282. The Morgan fingerprint density at radius 1 is 1.00 bits per heavy atom. The summed E-state index contributed by atoms with van der Waals surface area (Å²) in [5.41, 5.74) is 3.76. The van der Waals surface area contributed by atoms with Crippen molar-refractivity contribution in [2.45, 2.75) is 26.6 Å². The largest absolute Gasteiger partial charge is 0.392 e. The lowest BCUT2D eigenvalue weighted by atomic mass is 10.1. The molecule has 0 atom stereocenters. The number of aryl methyl sites for hydroxylation is 1. The van der Waals surface area contributed by atoms with E-state index in [0.29, 0.717) is 18.7 Å². The molecule has 0 spiro atoms. The van der Waals surface area contributed by atoms with Crippen molar-refractivity contribution in [3.8, 4) is 0 Å². The Morgan fingerprint density at radius 3 is 2.37 bits per heavy atom. The molecule has 0 saturated carbocycles. The first-order valence-corrected chi connectivity index (χ1v) is 6.33. The number of benzene rings is 2. The van der Waals surface area contributed by atoms with Gasteiger partial charge in [0.15, 0.2) is 0 Å². The molecule has 3 heteroatoms. The van der Waals surface area contributed by atoms with Crippen LogP contribution in [0.4, 0.5) is 4.39 Å². The van der Waals surface area contributed by atoms with E-state index in [1.54, 1.807) is 6.07 Å². The van der Waals surface area contributed by atoms with Gasteiger partial charge in [0.1, 0.15) is 5.82 Å². The zero-order valence-electron chi connectivity index (χ0n) is 11.0. The van der Waals surface area contributed by atoms with E-state index in [4.69, 9.17) is 5.11 Å². The van der Waals surface area contributed by atoms with E-state index in [-0.39, 0.29) is 12.4 Å². The highest BCUT2D eigenvalue weighted by Crippen LogP contribution is 2.10. The number of nitrogens with one attached hydrogen (secondary N) is 1. The molecule has 100 valence electrons. The number of hydrogen-bond acceptors (Lipinski definition) is 2. The van der Waals surface area contributed by atoms with E-state index < -0.39 is 0 Å². The van der Waals surface area contributed by atoms with Crippen molar-refractivity contribution >= 4 is 0 Å². The molecule has 2 N–H and O–H groups in total. The van der Waals surface area contributed by atoms with Gasteiger partial charge in [-0.1, -0.05) is 42.0 Å². The van der Waals surface area contributed by atoms with Gasteiger partial charge in [0, 0.05) is 18.7 Å². The summed E-state index contributed by atoms with van der Waals surface area (Å²) in [6.45, 7) is 3.20. The van der Waals surface area contributed by atoms with Crippen molar-refractivity contribution in [2.24, 2.45) is 0 Å². The van der Waals surface area contributed by atoms with Crippen LogP contribution in [0.25, 0.3) is 0 Å². The lowest BCUT2D eigenvalue weighted by Crippen LogP contribution is -2.13. The first kappa shape index (κ1) is 13.7. The minimum Gasteiger partial charge on any atom is -0.392 e. The molecule has 0 heterocycles. The average Bonchev–Trinajstić information content (AvgIpc) is 2.43. The predicted molar refractivity (Wildman–Crippen MR) is 74.0 cm³/mol. The topological polar surface area (TPSA) is 32.3 Å². The van der Waals surface area contributed by atoms with Gasteiger partial charge in [0.05, 0.1) is 6.61 Å². The molecule has 2 nitrogen and oxygen atoms in total. The van der Waals surface area contributed by atoms with E-state index >= 15 is 0 Å². The fraction of sp³-hybridized carbons (Fsp3) is 0.250. The highest BCUT2D eigenvalue weighted by Gasteiger charge is 2.02. The molecule has 0 radical (unpaired) electrons. The van der Waals surface area contributed by atoms with Crippen LogP contribution in [0.5, 0.6) is 0 Å². The van der Waals surface area contributed by atoms with Gasteiger partial charge >= 0.3 is 0 Å². The molecule has 0 bridgehead atoms. The fourth-order valence-electron chi connectivity index (χ4n) is 1.94. The Morgan fingerprint density at radius 2 is 1.68 bits per heavy atom. The molecule has 2 aromatic rings.